The lowest BCUT2D eigenvalue weighted by atomic mass is 10.1. The topological polar surface area (TPSA) is 59.8 Å². The van der Waals surface area contributed by atoms with E-state index in [9.17, 15) is 9.59 Å². The minimum Gasteiger partial charge on any atom is -0.493 e. The highest BCUT2D eigenvalue weighted by Crippen LogP contribution is 2.25. The number of hydrogen-bond acceptors (Lipinski definition) is 5. The van der Waals surface area contributed by atoms with Crippen LogP contribution in [0.15, 0.2) is 33.5 Å². The molecule has 1 aromatic carbocycles. The zero-order valence-electron chi connectivity index (χ0n) is 10.9. The number of thioether (sulfide) groups is 1. The van der Waals surface area contributed by atoms with E-state index >= 15 is 0 Å². The zero-order valence-corrected chi connectivity index (χ0v) is 11.7. The standard InChI is InChI=1S/C14H13NO4S/c1-18-11-4-2-3-9-7-10(14(17)19-12(9)11)13(16)15-5-6-20-8-15/h2-4,7H,5-6,8H2,1H3. The molecule has 0 radical (unpaired) electrons. The first-order valence-corrected chi connectivity index (χ1v) is 7.34. The molecule has 104 valence electrons. The van der Waals surface area contributed by atoms with Gasteiger partial charge >= 0.3 is 5.63 Å². The Morgan fingerprint density at radius 1 is 1.45 bits per heavy atom. The molecule has 0 unspecified atom stereocenters. The van der Waals surface area contributed by atoms with Crippen molar-refractivity contribution in [1.82, 2.24) is 4.90 Å². The highest BCUT2D eigenvalue weighted by molar-refractivity contribution is 7.99. The Balaban J connectivity index is 2.10. The second-order valence-electron chi connectivity index (χ2n) is 4.43. The quantitative estimate of drug-likeness (QED) is 0.791. The fourth-order valence-electron chi connectivity index (χ4n) is 2.17. The van der Waals surface area contributed by atoms with Crippen LogP contribution in [0.2, 0.25) is 0 Å². The molecule has 0 saturated carbocycles. The molecule has 3 rings (SSSR count). The molecule has 1 saturated heterocycles. The van der Waals surface area contributed by atoms with Crippen LogP contribution in [0.1, 0.15) is 10.4 Å². The molecule has 2 aromatic rings. The number of fused-ring (bicyclic) bond motifs is 1. The Labute approximate surface area is 119 Å². The number of para-hydroxylation sites is 1. The fourth-order valence-corrected chi connectivity index (χ4v) is 3.12. The van der Waals surface area contributed by atoms with Crippen molar-refractivity contribution < 1.29 is 13.9 Å². The van der Waals surface area contributed by atoms with E-state index in [4.69, 9.17) is 9.15 Å². The van der Waals surface area contributed by atoms with Gasteiger partial charge in [-0.1, -0.05) is 12.1 Å². The molecular weight excluding hydrogens is 278 g/mol. The number of rotatable bonds is 2. The van der Waals surface area contributed by atoms with Gasteiger partial charge in [0.15, 0.2) is 11.3 Å². The second kappa shape index (κ2) is 5.20. The predicted molar refractivity (Wildman–Crippen MR) is 77.4 cm³/mol. The van der Waals surface area contributed by atoms with Crippen LogP contribution < -0.4 is 10.4 Å². The molecule has 1 amide bonds. The van der Waals surface area contributed by atoms with Crippen molar-refractivity contribution in [2.45, 2.75) is 0 Å². The summed E-state index contributed by atoms with van der Waals surface area (Å²) in [4.78, 5) is 26.0. The molecule has 6 heteroatoms. The predicted octanol–water partition coefficient (Wildman–Crippen LogP) is 1.95. The molecule has 0 aliphatic carbocycles. The summed E-state index contributed by atoms with van der Waals surface area (Å²) in [6.07, 6.45) is 0. The normalized spacial score (nSPS) is 14.8. The van der Waals surface area contributed by atoms with Crippen molar-refractivity contribution in [2.24, 2.45) is 0 Å². The Hall–Kier alpha value is -1.95. The van der Waals surface area contributed by atoms with E-state index in [1.807, 2.05) is 0 Å². The summed E-state index contributed by atoms with van der Waals surface area (Å²) in [6.45, 7) is 0.666. The van der Waals surface area contributed by atoms with Crippen LogP contribution in [-0.4, -0.2) is 36.1 Å². The number of hydrogen-bond donors (Lipinski definition) is 0. The van der Waals surface area contributed by atoms with Gasteiger partial charge in [-0.25, -0.2) is 4.79 Å². The zero-order chi connectivity index (χ0) is 14.1. The van der Waals surface area contributed by atoms with Gasteiger partial charge < -0.3 is 14.1 Å². The number of methoxy groups -OCH3 is 1. The number of carbonyl (C=O) groups is 1. The van der Waals surface area contributed by atoms with Crippen LogP contribution in [0.3, 0.4) is 0 Å². The lowest BCUT2D eigenvalue weighted by Crippen LogP contribution is -2.31. The van der Waals surface area contributed by atoms with Crippen LogP contribution in [-0.2, 0) is 0 Å². The lowest BCUT2D eigenvalue weighted by Gasteiger charge is -2.13. The summed E-state index contributed by atoms with van der Waals surface area (Å²) in [5.74, 6) is 1.73. The van der Waals surface area contributed by atoms with E-state index < -0.39 is 5.63 Å². The molecule has 5 nitrogen and oxygen atoms in total. The van der Waals surface area contributed by atoms with Crippen molar-refractivity contribution in [1.29, 1.82) is 0 Å². The first-order valence-electron chi connectivity index (χ1n) is 6.18. The average molecular weight is 291 g/mol. The van der Waals surface area contributed by atoms with E-state index in [2.05, 4.69) is 0 Å². The molecule has 0 bridgehead atoms. The van der Waals surface area contributed by atoms with Crippen LogP contribution in [0.4, 0.5) is 0 Å². The van der Waals surface area contributed by atoms with E-state index in [0.717, 1.165) is 5.75 Å². The van der Waals surface area contributed by atoms with Gasteiger partial charge in [-0.3, -0.25) is 4.79 Å². The highest BCUT2D eigenvalue weighted by atomic mass is 32.2. The van der Waals surface area contributed by atoms with E-state index in [1.54, 1.807) is 40.9 Å². The molecule has 1 aliphatic heterocycles. The van der Waals surface area contributed by atoms with E-state index in [0.29, 0.717) is 29.1 Å². The first kappa shape index (κ1) is 13.1. The molecule has 0 atom stereocenters. The average Bonchev–Trinajstić information content (AvgIpc) is 2.99. The lowest BCUT2D eigenvalue weighted by molar-refractivity contribution is 0.0798. The second-order valence-corrected chi connectivity index (χ2v) is 5.51. The third kappa shape index (κ3) is 2.16. The summed E-state index contributed by atoms with van der Waals surface area (Å²) in [5, 5.41) is 0.680. The Morgan fingerprint density at radius 2 is 2.30 bits per heavy atom. The Bertz CT molecular complexity index is 719. The molecule has 1 aliphatic rings. The van der Waals surface area contributed by atoms with Crippen molar-refractivity contribution in [3.63, 3.8) is 0 Å². The van der Waals surface area contributed by atoms with E-state index in [-0.39, 0.29) is 11.5 Å². The molecule has 2 heterocycles. The largest absolute Gasteiger partial charge is 0.493 e. The summed E-state index contributed by atoms with van der Waals surface area (Å²) >= 11 is 1.67. The number of amides is 1. The SMILES string of the molecule is COc1cccc2cc(C(=O)N3CCSC3)c(=O)oc12. The molecule has 1 fully saturated rings. The van der Waals surface area contributed by atoms with Crippen LogP contribution >= 0.6 is 11.8 Å². The van der Waals surface area contributed by atoms with Crippen molar-refractivity contribution in [3.8, 4) is 5.75 Å². The van der Waals surface area contributed by atoms with Crippen LogP contribution in [0, 0.1) is 0 Å². The number of ether oxygens (including phenoxy) is 1. The highest BCUT2D eigenvalue weighted by Gasteiger charge is 2.23. The number of benzene rings is 1. The first-order chi connectivity index (χ1) is 9.70. The van der Waals surface area contributed by atoms with Crippen LogP contribution in [0.25, 0.3) is 11.0 Å². The van der Waals surface area contributed by atoms with Crippen LogP contribution in [0.5, 0.6) is 5.75 Å². The maximum absolute atomic E-state index is 12.3. The fraction of sp³-hybridized carbons (Fsp3) is 0.286. The maximum atomic E-state index is 12.3. The van der Waals surface area contributed by atoms with Gasteiger partial charge in [0.05, 0.1) is 13.0 Å². The maximum Gasteiger partial charge on any atom is 0.349 e. The summed E-state index contributed by atoms with van der Waals surface area (Å²) in [5.41, 5.74) is -0.176. The van der Waals surface area contributed by atoms with Gasteiger partial charge in [-0.15, -0.1) is 11.8 Å². The van der Waals surface area contributed by atoms with Gasteiger partial charge in [0.25, 0.3) is 5.91 Å². The molecule has 0 spiro atoms. The van der Waals surface area contributed by atoms with Crippen molar-refractivity contribution in [2.75, 3.05) is 25.3 Å². The monoisotopic (exact) mass is 291 g/mol. The van der Waals surface area contributed by atoms with Crippen molar-refractivity contribution in [3.05, 3.63) is 40.2 Å². The van der Waals surface area contributed by atoms with Gasteiger partial charge in [0.2, 0.25) is 0 Å². The molecular formula is C14H13NO4S. The Kier molecular flexibility index (Phi) is 3.40. The number of carbonyl (C=O) groups excluding carboxylic acids is 1. The smallest absolute Gasteiger partial charge is 0.349 e. The van der Waals surface area contributed by atoms with Crippen molar-refractivity contribution >= 4 is 28.6 Å². The molecule has 1 aromatic heterocycles. The summed E-state index contributed by atoms with van der Waals surface area (Å²) in [7, 11) is 1.51. The minimum atomic E-state index is -0.621. The van der Waals surface area contributed by atoms with Gasteiger partial charge in [0, 0.05) is 17.7 Å². The molecule has 20 heavy (non-hydrogen) atoms. The third-order valence-corrected chi connectivity index (χ3v) is 4.18. The van der Waals surface area contributed by atoms with Gasteiger partial charge in [-0.05, 0) is 12.1 Å². The summed E-state index contributed by atoms with van der Waals surface area (Å²) in [6, 6.07) is 6.87. The van der Waals surface area contributed by atoms with E-state index in [1.165, 1.54) is 7.11 Å². The number of nitrogens with zero attached hydrogens (tertiary/aromatic N) is 1. The summed E-state index contributed by atoms with van der Waals surface area (Å²) < 4.78 is 10.4. The van der Waals surface area contributed by atoms with Gasteiger partial charge in [0.1, 0.15) is 5.56 Å². The van der Waals surface area contributed by atoms with Gasteiger partial charge in [-0.2, -0.15) is 0 Å². The minimum absolute atomic E-state index is 0.0771. The third-order valence-electron chi connectivity index (χ3n) is 3.21. The Morgan fingerprint density at radius 3 is 3.00 bits per heavy atom. The molecule has 0 N–H and O–H groups in total.